The monoisotopic (exact) mass is 378 g/mol. The number of carboxylic acids is 1. The number of hydrogen-bond donors (Lipinski definition) is 2. The first-order valence-electron chi connectivity index (χ1n) is 8.08. The summed E-state index contributed by atoms with van der Waals surface area (Å²) in [6, 6.07) is 12.8. The molecule has 2 aromatic heterocycles. The highest BCUT2D eigenvalue weighted by Crippen LogP contribution is 2.32. The van der Waals surface area contributed by atoms with Gasteiger partial charge < -0.3 is 5.11 Å². The Morgan fingerprint density at radius 2 is 1.86 bits per heavy atom. The predicted octanol–water partition coefficient (Wildman–Crippen LogP) is 4.04. The molecule has 0 bridgehead atoms. The molecule has 0 radical (unpaired) electrons. The highest BCUT2D eigenvalue weighted by atomic mass is 19.1. The summed E-state index contributed by atoms with van der Waals surface area (Å²) in [4.78, 5) is 26.4. The van der Waals surface area contributed by atoms with E-state index in [4.69, 9.17) is 0 Å². The fourth-order valence-electron chi connectivity index (χ4n) is 2.96. The molecule has 0 saturated heterocycles. The molecule has 0 unspecified atom stereocenters. The van der Waals surface area contributed by atoms with E-state index < -0.39 is 16.7 Å². The van der Waals surface area contributed by atoms with Gasteiger partial charge in [-0.25, -0.2) is 14.2 Å². The third kappa shape index (κ3) is 2.84. The van der Waals surface area contributed by atoms with E-state index in [1.807, 2.05) is 0 Å². The lowest BCUT2D eigenvalue weighted by Crippen LogP contribution is -2.01. The molecule has 0 aliphatic rings. The fraction of sp³-hybridized carbons (Fsp3) is 0. The normalized spacial score (nSPS) is 10.9. The van der Waals surface area contributed by atoms with Gasteiger partial charge in [0.25, 0.3) is 5.69 Å². The average Bonchev–Trinajstić information content (AvgIpc) is 3.11. The molecule has 0 amide bonds. The minimum Gasteiger partial charge on any atom is -0.478 e. The molecule has 4 rings (SSSR count). The van der Waals surface area contributed by atoms with Crippen LogP contribution in [0.2, 0.25) is 0 Å². The van der Waals surface area contributed by atoms with Crippen LogP contribution in [-0.2, 0) is 0 Å². The number of rotatable bonds is 4. The number of carbonyl (C=O) groups is 1. The fourth-order valence-corrected chi connectivity index (χ4v) is 2.96. The molecule has 8 nitrogen and oxygen atoms in total. The van der Waals surface area contributed by atoms with Crippen LogP contribution in [0.15, 0.2) is 54.6 Å². The molecule has 0 fully saturated rings. The lowest BCUT2D eigenvalue weighted by molar-refractivity contribution is -0.384. The van der Waals surface area contributed by atoms with E-state index in [1.165, 1.54) is 48.5 Å². The van der Waals surface area contributed by atoms with Gasteiger partial charge in [0.2, 0.25) is 0 Å². The van der Waals surface area contributed by atoms with Crippen LogP contribution < -0.4 is 0 Å². The Morgan fingerprint density at radius 3 is 2.50 bits per heavy atom. The molecule has 0 atom stereocenters. The number of nitrogens with one attached hydrogen (secondary N) is 1. The van der Waals surface area contributed by atoms with Crippen molar-refractivity contribution in [3.05, 3.63) is 76.1 Å². The van der Waals surface area contributed by atoms with Crippen molar-refractivity contribution in [2.45, 2.75) is 0 Å². The smallest absolute Gasteiger partial charge is 0.336 e. The van der Waals surface area contributed by atoms with E-state index in [-0.39, 0.29) is 33.5 Å². The molecule has 2 aromatic carbocycles. The number of nitrogens with zero attached hydrogens (tertiary/aromatic N) is 3. The molecule has 138 valence electrons. The first kappa shape index (κ1) is 17.3. The summed E-state index contributed by atoms with van der Waals surface area (Å²) in [5.41, 5.74) is 1.07. The molecule has 0 saturated carbocycles. The zero-order chi connectivity index (χ0) is 19.8. The van der Waals surface area contributed by atoms with Gasteiger partial charge in [-0.3, -0.25) is 15.2 Å². The largest absolute Gasteiger partial charge is 0.478 e. The standard InChI is InChI=1S/C19H11FN4O4/c20-14-4-2-1-3-12(14)15-9-13(19(25)26)16-17(22-23-18(16)21-15)10-5-7-11(8-6-10)24(27)28/h1-9H,(H,25,26)(H,21,22,23). The van der Waals surface area contributed by atoms with Crippen LogP contribution in [0.5, 0.6) is 0 Å². The number of carboxylic acid groups (broad SMARTS) is 1. The predicted molar refractivity (Wildman–Crippen MR) is 98.3 cm³/mol. The van der Waals surface area contributed by atoms with Gasteiger partial charge >= 0.3 is 5.97 Å². The van der Waals surface area contributed by atoms with Crippen LogP contribution in [0, 0.1) is 15.9 Å². The van der Waals surface area contributed by atoms with Gasteiger partial charge in [-0.15, -0.1) is 0 Å². The molecule has 2 heterocycles. The molecule has 0 aliphatic carbocycles. The van der Waals surface area contributed by atoms with E-state index in [0.717, 1.165) is 0 Å². The molecule has 4 aromatic rings. The number of aromatic amines is 1. The summed E-state index contributed by atoms with van der Waals surface area (Å²) in [5, 5.41) is 27.5. The van der Waals surface area contributed by atoms with Crippen LogP contribution in [0.1, 0.15) is 10.4 Å². The number of nitro benzene ring substituents is 1. The first-order chi connectivity index (χ1) is 13.5. The van der Waals surface area contributed by atoms with Crippen molar-refractivity contribution in [2.24, 2.45) is 0 Å². The third-order valence-electron chi connectivity index (χ3n) is 4.27. The Bertz CT molecular complexity index is 1230. The Hall–Kier alpha value is -4.14. The number of pyridine rings is 1. The second-order valence-electron chi connectivity index (χ2n) is 5.94. The van der Waals surface area contributed by atoms with Gasteiger partial charge in [0, 0.05) is 23.3 Å². The summed E-state index contributed by atoms with van der Waals surface area (Å²) in [7, 11) is 0. The molecular weight excluding hydrogens is 367 g/mol. The SMILES string of the molecule is O=C(O)c1cc(-c2ccccc2F)nc2n[nH]c(-c3ccc([N+](=O)[O-])cc3)c12. The number of aromatic nitrogens is 3. The van der Waals surface area contributed by atoms with Gasteiger partial charge in [0.1, 0.15) is 5.82 Å². The molecular formula is C19H11FN4O4. The van der Waals surface area contributed by atoms with E-state index in [9.17, 15) is 24.4 Å². The maximum atomic E-state index is 14.1. The molecule has 28 heavy (non-hydrogen) atoms. The minimum atomic E-state index is -1.23. The second-order valence-corrected chi connectivity index (χ2v) is 5.94. The van der Waals surface area contributed by atoms with E-state index in [1.54, 1.807) is 6.07 Å². The lowest BCUT2D eigenvalue weighted by atomic mass is 10.0. The number of nitro groups is 1. The maximum absolute atomic E-state index is 14.1. The van der Waals surface area contributed by atoms with Gasteiger partial charge in [-0.2, -0.15) is 5.10 Å². The number of fused-ring (bicyclic) bond motifs is 1. The van der Waals surface area contributed by atoms with Gasteiger partial charge in [-0.05, 0) is 30.3 Å². The Labute approximate surface area is 156 Å². The van der Waals surface area contributed by atoms with Gasteiger partial charge in [-0.1, -0.05) is 12.1 Å². The Balaban J connectivity index is 1.93. The Kier molecular flexibility index (Phi) is 4.04. The van der Waals surface area contributed by atoms with Crippen molar-refractivity contribution in [3.8, 4) is 22.5 Å². The third-order valence-corrected chi connectivity index (χ3v) is 4.27. The minimum absolute atomic E-state index is 0.0917. The van der Waals surface area contributed by atoms with Crippen molar-refractivity contribution < 1.29 is 19.2 Å². The Morgan fingerprint density at radius 1 is 1.14 bits per heavy atom. The highest BCUT2D eigenvalue weighted by Gasteiger charge is 2.21. The summed E-state index contributed by atoms with van der Waals surface area (Å²) < 4.78 is 14.1. The number of non-ortho nitro benzene ring substituents is 1. The molecule has 0 aliphatic heterocycles. The van der Waals surface area contributed by atoms with Crippen molar-refractivity contribution in [1.29, 1.82) is 0 Å². The zero-order valence-electron chi connectivity index (χ0n) is 14.1. The van der Waals surface area contributed by atoms with Crippen LogP contribution in [0.4, 0.5) is 10.1 Å². The van der Waals surface area contributed by atoms with Crippen LogP contribution >= 0.6 is 0 Å². The molecule has 2 N–H and O–H groups in total. The van der Waals surface area contributed by atoms with E-state index in [2.05, 4.69) is 15.2 Å². The summed E-state index contributed by atoms with van der Waals surface area (Å²) in [6.45, 7) is 0. The highest BCUT2D eigenvalue weighted by molar-refractivity contribution is 6.08. The summed E-state index contributed by atoms with van der Waals surface area (Å²) in [6.07, 6.45) is 0. The quantitative estimate of drug-likeness (QED) is 0.408. The summed E-state index contributed by atoms with van der Waals surface area (Å²) >= 11 is 0. The zero-order valence-corrected chi connectivity index (χ0v) is 14.1. The topological polar surface area (TPSA) is 122 Å². The van der Waals surface area contributed by atoms with Gasteiger partial charge in [0.05, 0.1) is 27.3 Å². The first-order valence-corrected chi connectivity index (χ1v) is 8.08. The maximum Gasteiger partial charge on any atom is 0.336 e. The average molecular weight is 378 g/mol. The number of halogens is 1. The lowest BCUT2D eigenvalue weighted by Gasteiger charge is -2.06. The number of benzene rings is 2. The number of hydrogen-bond acceptors (Lipinski definition) is 5. The number of aromatic carboxylic acids is 1. The number of H-pyrrole nitrogens is 1. The van der Waals surface area contributed by atoms with Crippen molar-refractivity contribution in [1.82, 2.24) is 15.2 Å². The van der Waals surface area contributed by atoms with Gasteiger partial charge in [0.15, 0.2) is 5.65 Å². The van der Waals surface area contributed by atoms with Crippen molar-refractivity contribution in [2.75, 3.05) is 0 Å². The van der Waals surface area contributed by atoms with Crippen LogP contribution in [0.3, 0.4) is 0 Å². The van der Waals surface area contributed by atoms with Crippen molar-refractivity contribution in [3.63, 3.8) is 0 Å². The van der Waals surface area contributed by atoms with Crippen molar-refractivity contribution >= 4 is 22.7 Å². The summed E-state index contributed by atoms with van der Waals surface area (Å²) in [5.74, 6) is -1.76. The van der Waals surface area contributed by atoms with Crippen LogP contribution in [0.25, 0.3) is 33.5 Å². The van der Waals surface area contributed by atoms with Crippen LogP contribution in [-0.4, -0.2) is 31.2 Å². The van der Waals surface area contributed by atoms with E-state index in [0.29, 0.717) is 11.3 Å². The van der Waals surface area contributed by atoms with E-state index >= 15 is 0 Å². The second kappa shape index (κ2) is 6.54. The molecule has 0 spiro atoms. The molecule has 9 heteroatoms.